The van der Waals surface area contributed by atoms with E-state index in [-0.39, 0.29) is 10.5 Å². The van der Waals surface area contributed by atoms with Crippen molar-refractivity contribution in [2.45, 2.75) is 0 Å². The summed E-state index contributed by atoms with van der Waals surface area (Å²) >= 11 is 0. The van der Waals surface area contributed by atoms with Crippen LogP contribution in [0.5, 0.6) is 0 Å². The molecule has 9 heteroatoms. The fourth-order valence-corrected chi connectivity index (χ4v) is 4.85. The second kappa shape index (κ2) is 9.54. The summed E-state index contributed by atoms with van der Waals surface area (Å²) in [7, 11) is 0. The molecule has 1 unspecified atom stereocenters. The molecule has 2 aromatic carbocycles. The van der Waals surface area contributed by atoms with E-state index in [9.17, 15) is 4.79 Å². The van der Waals surface area contributed by atoms with Gasteiger partial charge in [-0.05, 0) is 36.4 Å². The number of ether oxygens (including phenoxy) is 1. The molecule has 36 heavy (non-hydrogen) atoms. The third kappa shape index (κ3) is 4.24. The number of hydrogen-bond donors (Lipinski definition) is 3. The second-order valence-corrected chi connectivity index (χ2v) is 9.05. The van der Waals surface area contributed by atoms with Crippen molar-refractivity contribution in [1.82, 2.24) is 24.6 Å². The van der Waals surface area contributed by atoms with E-state index in [4.69, 9.17) is 4.74 Å². The fraction of sp³-hybridized carbons (Fsp3) is 0.222. The Morgan fingerprint density at radius 1 is 1.11 bits per heavy atom. The molecule has 0 aliphatic carbocycles. The molecule has 3 N–H and O–H groups in total. The van der Waals surface area contributed by atoms with Gasteiger partial charge in [0.1, 0.15) is 12.7 Å². The predicted molar refractivity (Wildman–Crippen MR) is 142 cm³/mol. The van der Waals surface area contributed by atoms with Gasteiger partial charge in [-0.25, -0.2) is 9.78 Å². The van der Waals surface area contributed by atoms with Crippen LogP contribution in [0.4, 0.5) is 27.7 Å². The Balaban J connectivity index is 1.27. The van der Waals surface area contributed by atoms with Crippen molar-refractivity contribution < 1.29 is 9.53 Å². The van der Waals surface area contributed by atoms with Crippen molar-refractivity contribution in [1.29, 1.82) is 0 Å². The van der Waals surface area contributed by atoms with Gasteiger partial charge in [-0.15, -0.1) is 0 Å². The van der Waals surface area contributed by atoms with Crippen LogP contribution in [-0.2, 0) is 4.74 Å². The lowest BCUT2D eigenvalue weighted by molar-refractivity contribution is 0.0366. The molecule has 2 aliphatic rings. The Hall–Kier alpha value is -4.05. The van der Waals surface area contributed by atoms with Gasteiger partial charge in [0.15, 0.2) is 11.5 Å². The zero-order valence-electron chi connectivity index (χ0n) is 19.9. The molecule has 2 aliphatic heterocycles. The van der Waals surface area contributed by atoms with Crippen LogP contribution in [0.1, 0.15) is 5.56 Å². The first kappa shape index (κ1) is 22.4. The fourth-order valence-electron chi connectivity index (χ4n) is 4.85. The number of benzene rings is 2. The van der Waals surface area contributed by atoms with Crippen LogP contribution in [0.2, 0.25) is 0 Å². The van der Waals surface area contributed by atoms with E-state index < -0.39 is 0 Å². The summed E-state index contributed by atoms with van der Waals surface area (Å²) in [4.78, 5) is 20.9. The van der Waals surface area contributed by atoms with Crippen molar-refractivity contribution in [3.05, 3.63) is 78.8 Å². The first-order chi connectivity index (χ1) is 17.7. The summed E-state index contributed by atoms with van der Waals surface area (Å²) in [5.41, 5.74) is 4.43. The number of anilines is 3. The quantitative estimate of drug-likeness (QED) is 0.349. The van der Waals surface area contributed by atoms with Crippen LogP contribution >= 0.6 is 0 Å². The zero-order chi connectivity index (χ0) is 24.4. The van der Waals surface area contributed by atoms with Crippen molar-refractivity contribution in [2.75, 3.05) is 50.0 Å². The number of rotatable bonds is 6. The number of morpholine rings is 1. The Morgan fingerprint density at radius 3 is 2.92 bits per heavy atom. The standard InChI is InChI=1S/C27H27N7O2/c35-27(31-23-5-3-10-28-26(23)30-22-8-7-21-19-29-32-24(21)18-22)34(15-11-33-12-16-36-17-13-33)14-9-20-4-1-2-6-25(20)34/h1-10,14,18-19H,11-13,15-17H2,(H2-,28,29,30,31,32,35)/p+1. The number of H-pyrrole nitrogens is 1. The van der Waals surface area contributed by atoms with E-state index >= 15 is 0 Å². The van der Waals surface area contributed by atoms with Crippen molar-refractivity contribution in [3.63, 3.8) is 0 Å². The van der Waals surface area contributed by atoms with Gasteiger partial charge in [0, 0.05) is 54.6 Å². The van der Waals surface area contributed by atoms with Gasteiger partial charge >= 0.3 is 6.03 Å². The first-order valence-electron chi connectivity index (χ1n) is 12.1. The van der Waals surface area contributed by atoms with Gasteiger partial charge < -0.3 is 10.1 Å². The van der Waals surface area contributed by atoms with Crippen LogP contribution < -0.4 is 15.1 Å². The molecule has 0 spiro atoms. The van der Waals surface area contributed by atoms with Crippen molar-refractivity contribution in [2.24, 2.45) is 0 Å². The normalized spacial score (nSPS) is 19.3. The number of aromatic amines is 1. The SMILES string of the molecule is O=C(Nc1cccnc1Nc1ccc2cn[nH]c2c1)[N+]1(CCN2CCOCC2)C=Cc2ccccc21. The van der Waals surface area contributed by atoms with Crippen LogP contribution in [0, 0.1) is 0 Å². The molecule has 1 atom stereocenters. The smallest absolute Gasteiger partial charge is 0.379 e. The molecule has 9 nitrogen and oxygen atoms in total. The monoisotopic (exact) mass is 482 g/mol. The number of hydrogen-bond acceptors (Lipinski definition) is 6. The molecule has 2 amide bonds. The molecule has 4 aromatic rings. The molecule has 6 rings (SSSR count). The topological polar surface area (TPSA) is 95.2 Å². The van der Waals surface area contributed by atoms with E-state index in [1.165, 1.54) is 0 Å². The summed E-state index contributed by atoms with van der Waals surface area (Å²) < 4.78 is 5.60. The Kier molecular flexibility index (Phi) is 5.94. The van der Waals surface area contributed by atoms with Gasteiger partial charge in [-0.1, -0.05) is 12.1 Å². The highest BCUT2D eigenvalue weighted by molar-refractivity contribution is 6.04. The number of quaternary nitrogens is 1. The summed E-state index contributed by atoms with van der Waals surface area (Å²) in [5.74, 6) is 0.576. The minimum absolute atomic E-state index is 0.0992. The van der Waals surface area contributed by atoms with Crippen molar-refractivity contribution >= 4 is 45.9 Å². The number of amides is 2. The van der Waals surface area contributed by atoms with Crippen LogP contribution in [0.25, 0.3) is 17.0 Å². The molecule has 0 radical (unpaired) electrons. The molecular weight excluding hydrogens is 454 g/mol. The first-order valence-corrected chi connectivity index (χ1v) is 12.1. The average molecular weight is 483 g/mol. The van der Waals surface area contributed by atoms with Crippen LogP contribution in [-0.4, -0.2) is 65.5 Å². The zero-order valence-corrected chi connectivity index (χ0v) is 19.9. The number of nitrogens with zero attached hydrogens (tertiary/aromatic N) is 4. The Bertz CT molecular complexity index is 1430. The van der Waals surface area contributed by atoms with Gasteiger partial charge in [0.25, 0.3) is 0 Å². The highest BCUT2D eigenvalue weighted by atomic mass is 16.5. The highest BCUT2D eigenvalue weighted by Crippen LogP contribution is 2.37. The van der Waals surface area contributed by atoms with Gasteiger partial charge in [-0.3, -0.25) is 15.3 Å². The van der Waals surface area contributed by atoms with E-state index in [1.807, 2.05) is 60.8 Å². The van der Waals surface area contributed by atoms with Gasteiger partial charge in [0.05, 0.1) is 30.6 Å². The summed E-state index contributed by atoms with van der Waals surface area (Å²) in [5, 5.41) is 14.6. The maximum Gasteiger partial charge on any atom is 0.430 e. The maximum absolute atomic E-state index is 14.0. The lowest BCUT2D eigenvalue weighted by atomic mass is 10.2. The number of carbonyl (C=O) groups excluding carboxylic acids is 1. The van der Waals surface area contributed by atoms with Gasteiger partial charge in [-0.2, -0.15) is 9.58 Å². The number of pyridine rings is 1. The minimum atomic E-state index is -0.121. The number of fused-ring (bicyclic) bond motifs is 2. The largest absolute Gasteiger partial charge is 0.430 e. The summed E-state index contributed by atoms with van der Waals surface area (Å²) in [6, 6.07) is 17.6. The number of para-hydroxylation sites is 1. The van der Waals surface area contributed by atoms with E-state index in [1.54, 1.807) is 12.4 Å². The van der Waals surface area contributed by atoms with E-state index in [0.29, 0.717) is 18.1 Å². The molecule has 0 bridgehead atoms. The number of urea groups is 1. The lowest BCUT2D eigenvalue weighted by Gasteiger charge is -2.33. The van der Waals surface area contributed by atoms with E-state index in [0.717, 1.165) is 60.7 Å². The van der Waals surface area contributed by atoms with Crippen molar-refractivity contribution in [3.8, 4) is 0 Å². The van der Waals surface area contributed by atoms with Gasteiger partial charge in [0.2, 0.25) is 0 Å². The second-order valence-electron chi connectivity index (χ2n) is 9.05. The molecule has 1 fully saturated rings. The van der Waals surface area contributed by atoms with E-state index in [2.05, 4.69) is 36.8 Å². The number of carbonyl (C=O) groups is 1. The molecule has 0 saturated carbocycles. The lowest BCUT2D eigenvalue weighted by Crippen LogP contribution is -2.55. The Labute approximate surface area is 209 Å². The third-order valence-corrected chi connectivity index (χ3v) is 6.86. The predicted octanol–water partition coefficient (Wildman–Crippen LogP) is 4.56. The molecular formula is C27H28N7O2+. The molecule has 182 valence electrons. The minimum Gasteiger partial charge on any atom is -0.379 e. The number of nitrogens with one attached hydrogen (secondary N) is 3. The van der Waals surface area contributed by atoms with Crippen LogP contribution in [0.15, 0.2) is 73.2 Å². The molecule has 1 saturated heterocycles. The van der Waals surface area contributed by atoms with Crippen LogP contribution in [0.3, 0.4) is 0 Å². The highest BCUT2D eigenvalue weighted by Gasteiger charge is 2.43. The maximum atomic E-state index is 14.0. The third-order valence-electron chi connectivity index (χ3n) is 6.86. The Morgan fingerprint density at radius 2 is 2.00 bits per heavy atom. The molecule has 2 aromatic heterocycles. The molecule has 4 heterocycles. The average Bonchev–Trinajstić information content (AvgIpc) is 3.54. The summed E-state index contributed by atoms with van der Waals surface area (Å²) in [6.07, 6.45) is 7.53. The summed E-state index contributed by atoms with van der Waals surface area (Å²) in [6.45, 7) is 4.63. The number of aromatic nitrogens is 3.